The van der Waals surface area contributed by atoms with Gasteiger partial charge < -0.3 is 9.47 Å². The summed E-state index contributed by atoms with van der Waals surface area (Å²) in [6.45, 7) is 4.26. The molecule has 2 aliphatic heterocycles. The van der Waals surface area contributed by atoms with Gasteiger partial charge >= 0.3 is 0 Å². The van der Waals surface area contributed by atoms with Gasteiger partial charge in [-0.15, -0.1) is 0 Å². The van der Waals surface area contributed by atoms with Crippen LogP contribution in [0.3, 0.4) is 0 Å². The van der Waals surface area contributed by atoms with Crippen molar-refractivity contribution in [2.24, 2.45) is 0 Å². The number of hydrogen-bond donors (Lipinski definition) is 0. The van der Waals surface area contributed by atoms with Gasteiger partial charge in [-0.3, -0.25) is 0 Å². The SMILES string of the molecule is CC1(C)OC12c1ccccc1Oc1ccccc12. The fourth-order valence-corrected chi connectivity index (χ4v) is 3.07. The first kappa shape index (κ1) is 10.2. The number of ether oxygens (including phenoxy) is 2. The number of rotatable bonds is 0. The molecule has 0 bridgehead atoms. The van der Waals surface area contributed by atoms with Gasteiger partial charge in [0.15, 0.2) is 5.60 Å². The zero-order valence-electron chi connectivity index (χ0n) is 10.4. The predicted molar refractivity (Wildman–Crippen MR) is 68.9 cm³/mol. The van der Waals surface area contributed by atoms with Crippen molar-refractivity contribution in [3.63, 3.8) is 0 Å². The van der Waals surface area contributed by atoms with E-state index in [4.69, 9.17) is 9.47 Å². The lowest BCUT2D eigenvalue weighted by molar-refractivity contribution is 0.284. The highest BCUT2D eigenvalue weighted by Crippen LogP contribution is 2.65. The van der Waals surface area contributed by atoms with Gasteiger partial charge in [0.05, 0.1) is 0 Å². The average molecular weight is 238 g/mol. The molecule has 0 aromatic heterocycles. The molecule has 1 spiro atoms. The molecule has 18 heavy (non-hydrogen) atoms. The van der Waals surface area contributed by atoms with Crippen molar-refractivity contribution in [1.82, 2.24) is 0 Å². The summed E-state index contributed by atoms with van der Waals surface area (Å²) in [5, 5.41) is 0. The Morgan fingerprint density at radius 2 is 1.22 bits per heavy atom. The molecule has 0 amide bonds. The minimum absolute atomic E-state index is 0.178. The second kappa shape index (κ2) is 2.96. The van der Waals surface area contributed by atoms with Crippen LogP contribution in [0, 0.1) is 0 Å². The minimum atomic E-state index is -0.335. The Kier molecular flexibility index (Phi) is 1.67. The first-order chi connectivity index (χ1) is 8.65. The highest BCUT2D eigenvalue weighted by Gasteiger charge is 2.69. The van der Waals surface area contributed by atoms with Crippen LogP contribution in [0.4, 0.5) is 0 Å². The third-order valence-electron chi connectivity index (χ3n) is 3.97. The highest BCUT2D eigenvalue weighted by atomic mass is 16.6. The first-order valence-corrected chi connectivity index (χ1v) is 6.22. The van der Waals surface area contributed by atoms with E-state index in [2.05, 4.69) is 26.0 Å². The van der Waals surface area contributed by atoms with E-state index >= 15 is 0 Å². The molecule has 4 rings (SSSR count). The molecule has 0 saturated carbocycles. The summed E-state index contributed by atoms with van der Waals surface area (Å²) in [6.07, 6.45) is 0. The predicted octanol–water partition coefficient (Wildman–Crippen LogP) is 3.84. The van der Waals surface area contributed by atoms with Crippen molar-refractivity contribution < 1.29 is 9.47 Å². The van der Waals surface area contributed by atoms with Crippen molar-refractivity contribution in [3.05, 3.63) is 59.7 Å². The molecular formula is C16H14O2. The Labute approximate surface area is 106 Å². The molecule has 0 aliphatic carbocycles. The van der Waals surface area contributed by atoms with E-state index in [1.54, 1.807) is 0 Å². The van der Waals surface area contributed by atoms with E-state index in [0.29, 0.717) is 0 Å². The third-order valence-corrected chi connectivity index (χ3v) is 3.97. The van der Waals surface area contributed by atoms with E-state index < -0.39 is 0 Å². The van der Waals surface area contributed by atoms with Gasteiger partial charge in [-0.25, -0.2) is 0 Å². The van der Waals surface area contributed by atoms with Gasteiger partial charge in [-0.1, -0.05) is 36.4 Å². The lowest BCUT2D eigenvalue weighted by Crippen LogP contribution is -2.24. The Bertz CT molecular complexity index is 598. The van der Waals surface area contributed by atoms with E-state index in [1.165, 1.54) is 0 Å². The average Bonchev–Trinajstić information content (AvgIpc) is 2.94. The Morgan fingerprint density at radius 3 is 1.67 bits per heavy atom. The maximum absolute atomic E-state index is 6.11. The number of benzene rings is 2. The van der Waals surface area contributed by atoms with Crippen LogP contribution in [0.1, 0.15) is 25.0 Å². The molecule has 0 radical (unpaired) electrons. The van der Waals surface area contributed by atoms with Crippen molar-refractivity contribution in [2.45, 2.75) is 25.0 Å². The highest BCUT2D eigenvalue weighted by molar-refractivity contribution is 5.60. The summed E-state index contributed by atoms with van der Waals surface area (Å²) in [6, 6.07) is 16.3. The van der Waals surface area contributed by atoms with Crippen LogP contribution in [0.5, 0.6) is 11.5 Å². The fraction of sp³-hybridized carbons (Fsp3) is 0.250. The molecule has 2 aliphatic rings. The summed E-state index contributed by atoms with van der Waals surface area (Å²) >= 11 is 0. The summed E-state index contributed by atoms with van der Waals surface area (Å²) < 4.78 is 12.1. The molecule has 0 unspecified atom stereocenters. The second-order valence-electron chi connectivity index (χ2n) is 5.39. The fourth-order valence-electron chi connectivity index (χ4n) is 3.07. The van der Waals surface area contributed by atoms with Gasteiger partial charge in [0, 0.05) is 11.1 Å². The number of para-hydroxylation sites is 2. The molecule has 2 aromatic carbocycles. The zero-order chi connectivity index (χ0) is 12.4. The molecular weight excluding hydrogens is 224 g/mol. The Hall–Kier alpha value is -1.80. The third kappa shape index (κ3) is 1.02. The van der Waals surface area contributed by atoms with Crippen LogP contribution in [0.2, 0.25) is 0 Å². The standard InChI is InChI=1S/C16H14O2/c1-15(2)16(18-15)11-7-3-5-9-13(11)17-14-10-6-4-8-12(14)16/h3-10H,1-2H3. The molecule has 0 N–H and O–H groups in total. The van der Waals surface area contributed by atoms with E-state index in [-0.39, 0.29) is 11.2 Å². The molecule has 0 atom stereocenters. The van der Waals surface area contributed by atoms with Gasteiger partial charge in [0.2, 0.25) is 0 Å². The minimum Gasteiger partial charge on any atom is -0.457 e. The van der Waals surface area contributed by atoms with Crippen LogP contribution >= 0.6 is 0 Å². The number of epoxide rings is 1. The molecule has 2 heterocycles. The summed E-state index contributed by atoms with van der Waals surface area (Å²) in [5.74, 6) is 1.81. The smallest absolute Gasteiger partial charge is 0.154 e. The van der Waals surface area contributed by atoms with Crippen LogP contribution in [-0.2, 0) is 10.3 Å². The Balaban J connectivity index is 2.04. The summed E-state index contributed by atoms with van der Waals surface area (Å²) in [7, 11) is 0. The maximum atomic E-state index is 6.11. The van der Waals surface area contributed by atoms with Crippen LogP contribution < -0.4 is 4.74 Å². The quantitative estimate of drug-likeness (QED) is 0.650. The van der Waals surface area contributed by atoms with Crippen molar-refractivity contribution in [1.29, 1.82) is 0 Å². The van der Waals surface area contributed by atoms with Gasteiger partial charge in [0.1, 0.15) is 17.1 Å². The van der Waals surface area contributed by atoms with Crippen molar-refractivity contribution in [3.8, 4) is 11.5 Å². The Morgan fingerprint density at radius 1 is 0.778 bits per heavy atom. The molecule has 1 saturated heterocycles. The molecule has 2 aromatic rings. The second-order valence-corrected chi connectivity index (χ2v) is 5.39. The van der Waals surface area contributed by atoms with Crippen molar-refractivity contribution >= 4 is 0 Å². The van der Waals surface area contributed by atoms with Gasteiger partial charge in [-0.05, 0) is 26.0 Å². The largest absolute Gasteiger partial charge is 0.457 e. The summed E-state index contributed by atoms with van der Waals surface area (Å²) in [5.41, 5.74) is 1.75. The molecule has 2 heteroatoms. The van der Waals surface area contributed by atoms with Crippen LogP contribution in [0.25, 0.3) is 0 Å². The van der Waals surface area contributed by atoms with Gasteiger partial charge in [-0.2, -0.15) is 0 Å². The monoisotopic (exact) mass is 238 g/mol. The van der Waals surface area contributed by atoms with E-state index in [0.717, 1.165) is 22.6 Å². The van der Waals surface area contributed by atoms with E-state index in [9.17, 15) is 0 Å². The molecule has 90 valence electrons. The number of hydrogen-bond acceptors (Lipinski definition) is 2. The van der Waals surface area contributed by atoms with Crippen LogP contribution in [0.15, 0.2) is 48.5 Å². The van der Waals surface area contributed by atoms with E-state index in [1.807, 2.05) is 36.4 Å². The van der Waals surface area contributed by atoms with Crippen LogP contribution in [-0.4, -0.2) is 5.60 Å². The topological polar surface area (TPSA) is 21.8 Å². The molecule has 2 nitrogen and oxygen atoms in total. The summed E-state index contributed by atoms with van der Waals surface area (Å²) in [4.78, 5) is 0. The maximum Gasteiger partial charge on any atom is 0.154 e. The normalized spacial score (nSPS) is 20.8. The lowest BCUT2D eigenvalue weighted by atomic mass is 9.80. The zero-order valence-corrected chi connectivity index (χ0v) is 10.4. The van der Waals surface area contributed by atoms with Gasteiger partial charge in [0.25, 0.3) is 0 Å². The first-order valence-electron chi connectivity index (χ1n) is 6.22. The lowest BCUT2D eigenvalue weighted by Gasteiger charge is -2.27. The molecule has 1 fully saturated rings. The number of fused-ring (bicyclic) bond motifs is 4. The van der Waals surface area contributed by atoms with Crippen molar-refractivity contribution in [2.75, 3.05) is 0 Å².